The molecule has 11 heavy (non-hydrogen) atoms. The molecule has 0 radical (unpaired) electrons. The van der Waals surface area contributed by atoms with E-state index in [2.05, 4.69) is 24.2 Å². The lowest BCUT2D eigenvalue weighted by atomic mass is 9.95. The summed E-state index contributed by atoms with van der Waals surface area (Å²) >= 11 is 0. The number of hydroxylamine groups is 1. The summed E-state index contributed by atoms with van der Waals surface area (Å²) in [6, 6.07) is 0. The van der Waals surface area contributed by atoms with E-state index in [1.54, 1.807) is 0 Å². The van der Waals surface area contributed by atoms with Crippen LogP contribution in [0.4, 0.5) is 0 Å². The quantitative estimate of drug-likeness (QED) is 0.565. The Balaban J connectivity index is 2.35. The van der Waals surface area contributed by atoms with Crippen molar-refractivity contribution in [1.82, 2.24) is 5.48 Å². The molecule has 0 bridgehead atoms. The second kappa shape index (κ2) is 2.55. The van der Waals surface area contributed by atoms with E-state index in [0.29, 0.717) is 6.61 Å². The summed E-state index contributed by atoms with van der Waals surface area (Å²) in [5, 5.41) is 0. The lowest BCUT2D eigenvalue weighted by Crippen LogP contribution is -2.24. The van der Waals surface area contributed by atoms with Gasteiger partial charge in [0.25, 0.3) is 0 Å². The van der Waals surface area contributed by atoms with Crippen LogP contribution in [0.25, 0.3) is 0 Å². The highest BCUT2D eigenvalue weighted by Gasteiger charge is 2.15. The van der Waals surface area contributed by atoms with Gasteiger partial charge in [-0.15, -0.1) is 0 Å². The first-order valence-corrected chi connectivity index (χ1v) is 3.83. The zero-order valence-corrected chi connectivity index (χ0v) is 6.39. The summed E-state index contributed by atoms with van der Waals surface area (Å²) in [4.78, 5) is 5.09. The molecular weight excluding hydrogens is 138 g/mol. The van der Waals surface area contributed by atoms with Crippen LogP contribution in [0.3, 0.4) is 0 Å². The molecule has 1 heterocycles. The van der Waals surface area contributed by atoms with Crippen molar-refractivity contribution in [2.24, 2.45) is 0 Å². The zero-order valence-electron chi connectivity index (χ0n) is 6.39. The number of rotatable bonds is 0. The van der Waals surface area contributed by atoms with E-state index in [-0.39, 0.29) is 0 Å². The Labute approximate surface area is 66.2 Å². The molecule has 2 aliphatic rings. The third-order valence-electron chi connectivity index (χ3n) is 2.05. The van der Waals surface area contributed by atoms with E-state index in [1.165, 1.54) is 11.1 Å². The third kappa shape index (κ3) is 1.10. The van der Waals surface area contributed by atoms with Crippen molar-refractivity contribution in [2.45, 2.75) is 12.8 Å². The van der Waals surface area contributed by atoms with Gasteiger partial charge in [-0.1, -0.05) is 18.7 Å². The molecule has 0 atom stereocenters. The van der Waals surface area contributed by atoms with Gasteiger partial charge in [0.15, 0.2) is 0 Å². The number of nitrogens with one attached hydrogen (secondary N) is 1. The van der Waals surface area contributed by atoms with Crippen molar-refractivity contribution < 1.29 is 4.84 Å². The Bertz CT molecular complexity index is 250. The maximum Gasteiger partial charge on any atom is 0.1000 e. The van der Waals surface area contributed by atoms with Crippen LogP contribution in [0.5, 0.6) is 0 Å². The van der Waals surface area contributed by atoms with Gasteiger partial charge >= 0.3 is 0 Å². The molecule has 0 spiro atoms. The van der Waals surface area contributed by atoms with Gasteiger partial charge in [0.05, 0.1) is 12.3 Å². The van der Waals surface area contributed by atoms with Crippen molar-refractivity contribution in [3.05, 3.63) is 35.6 Å². The largest absolute Gasteiger partial charge is 0.271 e. The lowest BCUT2D eigenvalue weighted by Gasteiger charge is -2.23. The molecular formula is C9H11NO. The van der Waals surface area contributed by atoms with Crippen LogP contribution in [0.1, 0.15) is 12.8 Å². The Hall–Kier alpha value is -1.02. The van der Waals surface area contributed by atoms with Crippen LogP contribution in [0, 0.1) is 0 Å². The SMILES string of the molecule is C=C1NOCC2=C1CCC=C2. The molecule has 0 unspecified atom stereocenters. The highest BCUT2D eigenvalue weighted by molar-refractivity contribution is 5.41. The van der Waals surface area contributed by atoms with E-state index in [9.17, 15) is 0 Å². The minimum Gasteiger partial charge on any atom is -0.271 e. The van der Waals surface area contributed by atoms with Gasteiger partial charge in [-0.25, -0.2) is 0 Å². The van der Waals surface area contributed by atoms with E-state index in [0.717, 1.165) is 18.5 Å². The second-order valence-corrected chi connectivity index (χ2v) is 2.81. The molecule has 0 aromatic carbocycles. The van der Waals surface area contributed by atoms with Crippen LogP contribution in [-0.2, 0) is 4.84 Å². The molecule has 0 fully saturated rings. The van der Waals surface area contributed by atoms with Crippen molar-refractivity contribution >= 4 is 0 Å². The molecule has 2 rings (SSSR count). The van der Waals surface area contributed by atoms with Crippen LogP contribution in [0.15, 0.2) is 35.6 Å². The lowest BCUT2D eigenvalue weighted by molar-refractivity contribution is 0.0749. The van der Waals surface area contributed by atoms with Crippen LogP contribution >= 0.6 is 0 Å². The second-order valence-electron chi connectivity index (χ2n) is 2.81. The van der Waals surface area contributed by atoms with Crippen molar-refractivity contribution in [3.63, 3.8) is 0 Å². The molecule has 58 valence electrons. The molecule has 0 aromatic heterocycles. The Morgan fingerprint density at radius 1 is 1.55 bits per heavy atom. The highest BCUT2D eigenvalue weighted by atomic mass is 16.6. The fourth-order valence-electron chi connectivity index (χ4n) is 1.46. The predicted molar refractivity (Wildman–Crippen MR) is 43.6 cm³/mol. The van der Waals surface area contributed by atoms with E-state index in [4.69, 9.17) is 4.84 Å². The van der Waals surface area contributed by atoms with Crippen molar-refractivity contribution in [1.29, 1.82) is 0 Å². The smallest absolute Gasteiger partial charge is 0.1000 e. The van der Waals surface area contributed by atoms with Crippen LogP contribution < -0.4 is 5.48 Å². The summed E-state index contributed by atoms with van der Waals surface area (Å²) in [7, 11) is 0. The molecule has 0 aromatic rings. The van der Waals surface area contributed by atoms with Gasteiger partial charge in [0.1, 0.15) is 0 Å². The minimum atomic E-state index is 0.671. The number of hydrogen-bond acceptors (Lipinski definition) is 2. The summed E-state index contributed by atoms with van der Waals surface area (Å²) in [6.07, 6.45) is 6.53. The zero-order chi connectivity index (χ0) is 7.68. The third-order valence-corrected chi connectivity index (χ3v) is 2.05. The van der Waals surface area contributed by atoms with Gasteiger partial charge in [-0.3, -0.25) is 10.3 Å². The van der Waals surface area contributed by atoms with Gasteiger partial charge in [0, 0.05) is 0 Å². The average Bonchev–Trinajstić information content (AvgIpc) is 2.06. The molecule has 1 N–H and O–H groups in total. The van der Waals surface area contributed by atoms with E-state index >= 15 is 0 Å². The molecule has 2 heteroatoms. The normalized spacial score (nSPS) is 23.1. The molecule has 1 aliphatic carbocycles. The topological polar surface area (TPSA) is 21.3 Å². The van der Waals surface area contributed by atoms with Crippen molar-refractivity contribution in [3.8, 4) is 0 Å². The number of allylic oxidation sites excluding steroid dienone is 2. The van der Waals surface area contributed by atoms with Gasteiger partial charge < -0.3 is 0 Å². The van der Waals surface area contributed by atoms with Gasteiger partial charge in [-0.05, 0) is 24.0 Å². The molecule has 2 nitrogen and oxygen atoms in total. The fraction of sp³-hybridized carbons (Fsp3) is 0.333. The average molecular weight is 149 g/mol. The highest BCUT2D eigenvalue weighted by Crippen LogP contribution is 2.25. The van der Waals surface area contributed by atoms with Gasteiger partial charge in [-0.2, -0.15) is 0 Å². The summed E-state index contributed by atoms with van der Waals surface area (Å²) in [5.74, 6) is 0. The first kappa shape index (κ1) is 6.68. The van der Waals surface area contributed by atoms with Crippen LogP contribution in [0.2, 0.25) is 0 Å². The molecule has 1 aliphatic heterocycles. The number of hydrogen-bond donors (Lipinski definition) is 1. The molecule has 0 saturated heterocycles. The van der Waals surface area contributed by atoms with Crippen LogP contribution in [-0.4, -0.2) is 6.61 Å². The first-order valence-electron chi connectivity index (χ1n) is 3.83. The van der Waals surface area contributed by atoms with E-state index in [1.807, 2.05) is 0 Å². The Kier molecular flexibility index (Phi) is 1.55. The minimum absolute atomic E-state index is 0.671. The maximum absolute atomic E-state index is 5.09. The maximum atomic E-state index is 5.09. The fourth-order valence-corrected chi connectivity index (χ4v) is 1.46. The summed E-state index contributed by atoms with van der Waals surface area (Å²) in [6.45, 7) is 4.54. The van der Waals surface area contributed by atoms with E-state index < -0.39 is 0 Å². The first-order chi connectivity index (χ1) is 5.38. The van der Waals surface area contributed by atoms with Crippen molar-refractivity contribution in [2.75, 3.05) is 6.61 Å². The van der Waals surface area contributed by atoms with Gasteiger partial charge in [0.2, 0.25) is 0 Å². The standard InChI is InChI=1S/C9H11NO/c1-7-9-5-3-2-4-8(9)6-11-10-7/h2,4,10H,1,3,5-6H2. The predicted octanol–water partition coefficient (Wildman–Crippen LogP) is 1.68. The Morgan fingerprint density at radius 3 is 3.27 bits per heavy atom. The summed E-state index contributed by atoms with van der Waals surface area (Å²) < 4.78 is 0. The Morgan fingerprint density at radius 2 is 2.45 bits per heavy atom. The summed E-state index contributed by atoms with van der Waals surface area (Å²) in [5.41, 5.74) is 6.33. The molecule has 0 saturated carbocycles. The monoisotopic (exact) mass is 149 g/mol. The molecule has 0 amide bonds.